The Morgan fingerprint density at radius 1 is 1.48 bits per heavy atom. The molecule has 2 rings (SSSR count). The van der Waals surface area contributed by atoms with Crippen LogP contribution in [0.2, 0.25) is 0 Å². The highest BCUT2D eigenvalue weighted by Crippen LogP contribution is 2.18. The van der Waals surface area contributed by atoms with Crippen molar-refractivity contribution in [2.24, 2.45) is 0 Å². The topological polar surface area (TPSA) is 95.8 Å². The Bertz CT molecular complexity index is 570. The van der Waals surface area contributed by atoms with Crippen molar-refractivity contribution in [1.82, 2.24) is 15.0 Å². The molecule has 1 aliphatic rings. The standard InChI is InChI=1S/C12H20N4O4S/c1-15(2)5-6-16(10-4-8-21(18,19)9-10)12(17)13-11-3-7-20-14-11/h3,7,10H,4-6,8-9H2,1-2H3,(H,13,14,17). The lowest BCUT2D eigenvalue weighted by molar-refractivity contribution is 0.186. The van der Waals surface area contributed by atoms with Crippen LogP contribution in [0, 0.1) is 0 Å². The zero-order chi connectivity index (χ0) is 15.5. The molecule has 1 fully saturated rings. The van der Waals surface area contributed by atoms with Gasteiger partial charge in [-0.05, 0) is 20.5 Å². The Hall–Kier alpha value is -1.61. The fraction of sp³-hybridized carbons (Fsp3) is 0.667. The first kappa shape index (κ1) is 15.8. The number of nitrogens with zero attached hydrogens (tertiary/aromatic N) is 3. The van der Waals surface area contributed by atoms with Gasteiger partial charge in [0.15, 0.2) is 15.7 Å². The van der Waals surface area contributed by atoms with Gasteiger partial charge in [-0.1, -0.05) is 5.16 Å². The number of likely N-dealkylation sites (N-methyl/N-ethyl adjacent to an activating group) is 1. The van der Waals surface area contributed by atoms with Crippen LogP contribution in [0.15, 0.2) is 16.9 Å². The molecule has 1 N–H and O–H groups in total. The van der Waals surface area contributed by atoms with Crippen molar-refractivity contribution in [2.75, 3.05) is 44.0 Å². The predicted molar refractivity (Wildman–Crippen MR) is 77.8 cm³/mol. The van der Waals surface area contributed by atoms with Crippen molar-refractivity contribution in [1.29, 1.82) is 0 Å². The maximum Gasteiger partial charge on any atom is 0.323 e. The summed E-state index contributed by atoms with van der Waals surface area (Å²) in [5, 5.41) is 6.25. The summed E-state index contributed by atoms with van der Waals surface area (Å²) in [6.45, 7) is 1.11. The molecule has 0 aromatic carbocycles. The molecule has 0 spiro atoms. The number of hydrogen-bond acceptors (Lipinski definition) is 6. The van der Waals surface area contributed by atoms with E-state index in [1.165, 1.54) is 12.3 Å². The zero-order valence-electron chi connectivity index (χ0n) is 12.2. The van der Waals surface area contributed by atoms with Crippen molar-refractivity contribution >= 4 is 21.7 Å². The predicted octanol–water partition coefficient (Wildman–Crippen LogP) is 0.257. The number of urea groups is 1. The van der Waals surface area contributed by atoms with Gasteiger partial charge in [0.05, 0.1) is 11.5 Å². The lowest BCUT2D eigenvalue weighted by Crippen LogP contribution is -2.46. The average molecular weight is 316 g/mol. The van der Waals surface area contributed by atoms with Gasteiger partial charge in [0.25, 0.3) is 0 Å². The van der Waals surface area contributed by atoms with E-state index in [1.807, 2.05) is 19.0 Å². The highest BCUT2D eigenvalue weighted by Gasteiger charge is 2.34. The third-order valence-corrected chi connectivity index (χ3v) is 5.12. The lowest BCUT2D eigenvalue weighted by Gasteiger charge is -2.29. The molecule has 0 bridgehead atoms. The highest BCUT2D eigenvalue weighted by atomic mass is 32.2. The molecular weight excluding hydrogens is 296 g/mol. The van der Waals surface area contributed by atoms with Crippen molar-refractivity contribution < 1.29 is 17.7 Å². The Balaban J connectivity index is 2.06. The molecule has 21 heavy (non-hydrogen) atoms. The summed E-state index contributed by atoms with van der Waals surface area (Å²) in [5.41, 5.74) is 0. The average Bonchev–Trinajstić information content (AvgIpc) is 2.99. The largest absolute Gasteiger partial charge is 0.363 e. The smallest absolute Gasteiger partial charge is 0.323 e. The number of sulfone groups is 1. The van der Waals surface area contributed by atoms with E-state index in [-0.39, 0.29) is 23.6 Å². The third kappa shape index (κ3) is 4.43. The monoisotopic (exact) mass is 316 g/mol. The molecule has 1 aromatic rings. The van der Waals surface area contributed by atoms with Crippen molar-refractivity contribution in [3.8, 4) is 0 Å². The van der Waals surface area contributed by atoms with Crippen LogP contribution in [0.5, 0.6) is 0 Å². The van der Waals surface area contributed by atoms with Crippen LogP contribution < -0.4 is 5.32 Å². The highest BCUT2D eigenvalue weighted by molar-refractivity contribution is 7.91. The van der Waals surface area contributed by atoms with Crippen LogP contribution in [0.25, 0.3) is 0 Å². The summed E-state index contributed by atoms with van der Waals surface area (Å²) in [6, 6.07) is 0.891. The van der Waals surface area contributed by atoms with Crippen molar-refractivity contribution in [3.63, 3.8) is 0 Å². The molecule has 1 saturated heterocycles. The Kier molecular flexibility index (Phi) is 4.84. The maximum absolute atomic E-state index is 12.3. The molecule has 0 radical (unpaired) electrons. The van der Waals surface area contributed by atoms with Gasteiger partial charge >= 0.3 is 6.03 Å². The van der Waals surface area contributed by atoms with Crippen LogP contribution in [0.4, 0.5) is 10.6 Å². The van der Waals surface area contributed by atoms with Gasteiger partial charge in [0.1, 0.15) is 6.26 Å². The van der Waals surface area contributed by atoms with Gasteiger partial charge in [-0.2, -0.15) is 0 Å². The first-order valence-corrected chi connectivity index (χ1v) is 8.53. The van der Waals surface area contributed by atoms with Crippen LogP contribution in [0.1, 0.15) is 6.42 Å². The van der Waals surface area contributed by atoms with Crippen molar-refractivity contribution in [2.45, 2.75) is 12.5 Å². The molecule has 8 nitrogen and oxygen atoms in total. The van der Waals surface area contributed by atoms with E-state index < -0.39 is 9.84 Å². The minimum absolute atomic E-state index is 0.0205. The van der Waals surface area contributed by atoms with Gasteiger partial charge in [-0.25, -0.2) is 13.2 Å². The summed E-state index contributed by atoms with van der Waals surface area (Å²) in [6.07, 6.45) is 1.84. The van der Waals surface area contributed by atoms with Gasteiger partial charge in [-0.3, -0.25) is 5.32 Å². The van der Waals surface area contributed by atoms with Gasteiger partial charge in [-0.15, -0.1) is 0 Å². The Morgan fingerprint density at radius 2 is 2.24 bits per heavy atom. The second-order valence-electron chi connectivity index (χ2n) is 5.37. The van der Waals surface area contributed by atoms with Gasteiger partial charge < -0.3 is 14.3 Å². The minimum Gasteiger partial charge on any atom is -0.363 e. The van der Waals surface area contributed by atoms with E-state index in [0.717, 1.165) is 0 Å². The fourth-order valence-corrected chi connectivity index (χ4v) is 3.97. The summed E-state index contributed by atoms with van der Waals surface area (Å²) >= 11 is 0. The SMILES string of the molecule is CN(C)CCN(C(=O)Nc1ccon1)C1CCS(=O)(=O)C1. The van der Waals surface area contributed by atoms with Crippen LogP contribution in [0.3, 0.4) is 0 Å². The quantitative estimate of drug-likeness (QED) is 0.837. The van der Waals surface area contributed by atoms with Crippen molar-refractivity contribution in [3.05, 3.63) is 12.3 Å². The zero-order valence-corrected chi connectivity index (χ0v) is 13.0. The third-order valence-electron chi connectivity index (χ3n) is 3.37. The number of carbonyl (C=O) groups excluding carboxylic acids is 1. The first-order valence-electron chi connectivity index (χ1n) is 6.70. The summed E-state index contributed by atoms with van der Waals surface area (Å²) < 4.78 is 27.9. The molecule has 0 aliphatic carbocycles. The summed E-state index contributed by atoms with van der Waals surface area (Å²) in [7, 11) is 0.760. The molecule has 0 saturated carbocycles. The van der Waals surface area contributed by atoms with E-state index in [2.05, 4.69) is 15.0 Å². The molecule has 1 unspecified atom stereocenters. The number of rotatable bonds is 5. The van der Waals surface area contributed by atoms with E-state index in [9.17, 15) is 13.2 Å². The van der Waals surface area contributed by atoms with Gasteiger partial charge in [0.2, 0.25) is 0 Å². The lowest BCUT2D eigenvalue weighted by atomic mass is 10.2. The second kappa shape index (κ2) is 6.44. The van der Waals surface area contributed by atoms with E-state index >= 15 is 0 Å². The minimum atomic E-state index is -3.04. The molecule has 2 amide bonds. The second-order valence-corrected chi connectivity index (χ2v) is 7.60. The summed E-state index contributed by atoms with van der Waals surface area (Å²) in [5.74, 6) is 0.468. The molecule has 118 valence electrons. The normalized spacial score (nSPS) is 20.6. The first-order chi connectivity index (χ1) is 9.87. The number of anilines is 1. The van der Waals surface area contributed by atoms with Gasteiger partial charge in [0, 0.05) is 25.2 Å². The maximum atomic E-state index is 12.3. The van der Waals surface area contributed by atoms with E-state index in [4.69, 9.17) is 0 Å². The molecule has 1 aliphatic heterocycles. The van der Waals surface area contributed by atoms with E-state index in [0.29, 0.717) is 25.3 Å². The van der Waals surface area contributed by atoms with Crippen LogP contribution in [-0.2, 0) is 9.84 Å². The molecular formula is C12H20N4O4S. The number of aromatic nitrogens is 1. The molecule has 2 heterocycles. The number of hydrogen-bond donors (Lipinski definition) is 1. The molecule has 9 heteroatoms. The Labute approximate surface area is 124 Å². The molecule has 1 aromatic heterocycles. The fourth-order valence-electron chi connectivity index (χ4n) is 2.24. The Morgan fingerprint density at radius 3 is 2.76 bits per heavy atom. The molecule has 1 atom stereocenters. The van der Waals surface area contributed by atoms with Crippen LogP contribution >= 0.6 is 0 Å². The van der Waals surface area contributed by atoms with E-state index in [1.54, 1.807) is 4.90 Å². The number of carbonyl (C=O) groups is 1. The number of amides is 2. The van der Waals surface area contributed by atoms with Crippen LogP contribution in [-0.4, -0.2) is 74.1 Å². The summed E-state index contributed by atoms with van der Waals surface area (Å²) in [4.78, 5) is 15.9. The number of nitrogens with one attached hydrogen (secondary N) is 1.